The molecule has 7 heteroatoms. The highest BCUT2D eigenvalue weighted by Gasteiger charge is 2.31. The van der Waals surface area contributed by atoms with E-state index in [1.807, 2.05) is 0 Å². The van der Waals surface area contributed by atoms with Gasteiger partial charge in [0.05, 0.1) is 12.7 Å². The lowest BCUT2D eigenvalue weighted by molar-refractivity contribution is -0.119. The number of methoxy groups -OCH3 is 1. The molecule has 0 aromatic heterocycles. The van der Waals surface area contributed by atoms with Crippen LogP contribution in [0.2, 0.25) is 0 Å². The standard InChI is InChI=1S/C10H8FNO4S/c1-15-10(14)6-3-2-4-7-9(6)12(17-11)8(13)5-16-7/h2-4H,5H2,1H3. The van der Waals surface area contributed by atoms with Gasteiger partial charge in [-0.2, -0.15) is 0 Å². The molecule has 90 valence electrons. The van der Waals surface area contributed by atoms with Crippen LogP contribution in [0, 0.1) is 0 Å². The lowest BCUT2D eigenvalue weighted by atomic mass is 10.1. The Morgan fingerprint density at radius 3 is 3.00 bits per heavy atom. The monoisotopic (exact) mass is 257 g/mol. The van der Waals surface area contributed by atoms with Crippen molar-refractivity contribution in [2.45, 2.75) is 0 Å². The second-order valence-corrected chi connectivity index (χ2v) is 3.69. The minimum absolute atomic E-state index is 0.0862. The lowest BCUT2D eigenvalue weighted by Crippen LogP contribution is -2.34. The smallest absolute Gasteiger partial charge is 0.340 e. The molecule has 1 aliphatic rings. The highest BCUT2D eigenvalue weighted by Crippen LogP contribution is 2.39. The number of benzene rings is 1. The van der Waals surface area contributed by atoms with E-state index >= 15 is 0 Å². The van der Waals surface area contributed by atoms with Crippen molar-refractivity contribution in [2.75, 3.05) is 18.0 Å². The number of amides is 1. The number of para-hydroxylation sites is 1. The van der Waals surface area contributed by atoms with E-state index in [-0.39, 0.29) is 35.9 Å². The number of ether oxygens (including phenoxy) is 2. The molecule has 0 N–H and O–H groups in total. The Hall–Kier alpha value is -1.76. The molecule has 17 heavy (non-hydrogen) atoms. The number of fused-ring (bicyclic) bond motifs is 1. The highest BCUT2D eigenvalue weighted by atomic mass is 32.2. The lowest BCUT2D eigenvalue weighted by Gasteiger charge is -2.26. The van der Waals surface area contributed by atoms with Gasteiger partial charge in [0, 0.05) is 0 Å². The van der Waals surface area contributed by atoms with E-state index < -0.39 is 11.9 Å². The molecule has 1 amide bonds. The molecule has 1 aliphatic heterocycles. The van der Waals surface area contributed by atoms with Crippen molar-refractivity contribution >= 4 is 29.9 Å². The van der Waals surface area contributed by atoms with Crippen LogP contribution in [0.15, 0.2) is 18.2 Å². The zero-order valence-corrected chi connectivity index (χ0v) is 9.62. The molecule has 1 aromatic carbocycles. The van der Waals surface area contributed by atoms with E-state index in [0.29, 0.717) is 0 Å². The predicted octanol–water partition coefficient (Wildman–Crippen LogP) is 1.73. The highest BCUT2D eigenvalue weighted by molar-refractivity contribution is 7.96. The summed E-state index contributed by atoms with van der Waals surface area (Å²) in [6, 6.07) is 4.56. The summed E-state index contributed by atoms with van der Waals surface area (Å²) in [6.07, 6.45) is 0. The number of hydrogen-bond acceptors (Lipinski definition) is 5. The molecule has 0 radical (unpaired) electrons. The van der Waals surface area contributed by atoms with E-state index in [9.17, 15) is 13.5 Å². The van der Waals surface area contributed by atoms with Gasteiger partial charge in [0.15, 0.2) is 18.9 Å². The second-order valence-electron chi connectivity index (χ2n) is 3.19. The van der Waals surface area contributed by atoms with Gasteiger partial charge >= 0.3 is 5.97 Å². The molecular weight excluding hydrogens is 249 g/mol. The molecule has 0 fully saturated rings. The Labute approximate surface area is 101 Å². The first-order chi connectivity index (χ1) is 8.19. The predicted molar refractivity (Wildman–Crippen MR) is 59.5 cm³/mol. The van der Waals surface area contributed by atoms with Crippen LogP contribution in [0.5, 0.6) is 5.75 Å². The molecular formula is C10H8FNO4S. The van der Waals surface area contributed by atoms with Gasteiger partial charge in [0.1, 0.15) is 11.4 Å². The van der Waals surface area contributed by atoms with E-state index in [1.165, 1.54) is 13.2 Å². The van der Waals surface area contributed by atoms with Gasteiger partial charge in [-0.15, -0.1) is 3.89 Å². The van der Waals surface area contributed by atoms with E-state index in [4.69, 9.17) is 4.74 Å². The normalized spacial score (nSPS) is 14.0. The summed E-state index contributed by atoms with van der Waals surface area (Å²) in [5.41, 5.74) is 0.173. The third kappa shape index (κ3) is 1.93. The van der Waals surface area contributed by atoms with Crippen molar-refractivity contribution in [2.24, 2.45) is 0 Å². The van der Waals surface area contributed by atoms with Crippen molar-refractivity contribution in [3.05, 3.63) is 23.8 Å². The number of halogens is 1. The average molecular weight is 257 g/mol. The fraction of sp³-hybridized carbons (Fsp3) is 0.200. The van der Waals surface area contributed by atoms with Crippen molar-refractivity contribution in [3.8, 4) is 5.75 Å². The molecule has 2 rings (SSSR count). The Bertz CT molecular complexity index is 479. The molecule has 1 heterocycles. The fourth-order valence-electron chi connectivity index (χ4n) is 1.52. The maximum Gasteiger partial charge on any atom is 0.340 e. The van der Waals surface area contributed by atoms with Crippen LogP contribution in [0.25, 0.3) is 0 Å². The van der Waals surface area contributed by atoms with Crippen molar-refractivity contribution in [3.63, 3.8) is 0 Å². The largest absolute Gasteiger partial charge is 0.481 e. The third-order valence-corrected chi connectivity index (χ3v) is 2.78. The quantitative estimate of drug-likeness (QED) is 0.596. The third-order valence-electron chi connectivity index (χ3n) is 2.25. The van der Waals surface area contributed by atoms with Crippen molar-refractivity contribution in [1.82, 2.24) is 0 Å². The maximum absolute atomic E-state index is 12.8. The van der Waals surface area contributed by atoms with Gasteiger partial charge in [0.2, 0.25) is 0 Å². The first kappa shape index (κ1) is 11.7. The summed E-state index contributed by atoms with van der Waals surface area (Å²) in [5.74, 6) is -0.946. The van der Waals surface area contributed by atoms with Gasteiger partial charge in [-0.25, -0.2) is 9.10 Å². The molecule has 0 unspecified atom stereocenters. The molecule has 0 bridgehead atoms. The van der Waals surface area contributed by atoms with Crippen LogP contribution in [0.4, 0.5) is 9.57 Å². The van der Waals surface area contributed by atoms with E-state index in [2.05, 4.69) is 4.74 Å². The molecule has 0 atom stereocenters. The van der Waals surface area contributed by atoms with Gasteiger partial charge < -0.3 is 9.47 Å². The Balaban J connectivity index is 2.57. The van der Waals surface area contributed by atoms with Crippen LogP contribution < -0.4 is 9.04 Å². The number of esters is 1. The summed E-state index contributed by atoms with van der Waals surface area (Å²) in [5, 5.41) is 0. The van der Waals surface area contributed by atoms with Gasteiger partial charge in [0.25, 0.3) is 5.91 Å². The summed E-state index contributed by atoms with van der Waals surface area (Å²) in [6.45, 7) is -0.255. The maximum atomic E-state index is 12.8. The van der Waals surface area contributed by atoms with Crippen LogP contribution in [0.1, 0.15) is 10.4 Å². The van der Waals surface area contributed by atoms with Crippen LogP contribution in [-0.4, -0.2) is 25.6 Å². The van der Waals surface area contributed by atoms with Gasteiger partial charge in [-0.1, -0.05) is 6.07 Å². The van der Waals surface area contributed by atoms with Gasteiger partial charge in [-0.05, 0) is 12.1 Å². The van der Waals surface area contributed by atoms with E-state index in [0.717, 1.165) is 4.31 Å². The number of carbonyl (C=O) groups is 2. The first-order valence-electron chi connectivity index (χ1n) is 4.65. The fourth-order valence-corrected chi connectivity index (χ4v) is 1.91. The Morgan fingerprint density at radius 1 is 1.59 bits per heavy atom. The minimum atomic E-state index is -0.654. The van der Waals surface area contributed by atoms with E-state index in [1.54, 1.807) is 12.1 Å². The van der Waals surface area contributed by atoms with Crippen molar-refractivity contribution < 1.29 is 22.9 Å². The summed E-state index contributed by atoms with van der Waals surface area (Å²) < 4.78 is 23.2. The second kappa shape index (κ2) is 4.62. The molecule has 0 saturated heterocycles. The number of anilines is 1. The number of nitrogens with zero attached hydrogens (tertiary/aromatic N) is 1. The minimum Gasteiger partial charge on any atom is -0.481 e. The molecule has 0 saturated carbocycles. The zero-order valence-electron chi connectivity index (χ0n) is 8.81. The molecule has 0 spiro atoms. The van der Waals surface area contributed by atoms with Crippen LogP contribution >= 0.6 is 12.3 Å². The summed E-state index contributed by atoms with van der Waals surface area (Å²) in [7, 11) is 1.21. The van der Waals surface area contributed by atoms with Crippen LogP contribution in [0.3, 0.4) is 0 Å². The van der Waals surface area contributed by atoms with Crippen LogP contribution in [-0.2, 0) is 9.53 Å². The SMILES string of the molecule is COC(=O)c1cccc2c1N(SF)C(=O)CO2. The summed E-state index contributed by atoms with van der Waals surface area (Å²) >= 11 is -0.265. The summed E-state index contributed by atoms with van der Waals surface area (Å²) in [4.78, 5) is 22.9. The Morgan fingerprint density at radius 2 is 2.35 bits per heavy atom. The van der Waals surface area contributed by atoms with Gasteiger partial charge in [-0.3, -0.25) is 4.79 Å². The molecule has 0 aliphatic carbocycles. The topological polar surface area (TPSA) is 55.8 Å². The number of carbonyl (C=O) groups excluding carboxylic acids is 2. The molecule has 1 aromatic rings. The average Bonchev–Trinajstić information content (AvgIpc) is 2.37. The molecule has 5 nitrogen and oxygen atoms in total. The first-order valence-corrected chi connectivity index (χ1v) is 5.32. The zero-order chi connectivity index (χ0) is 12.4. The Kier molecular flexibility index (Phi) is 3.19. The van der Waals surface area contributed by atoms with Crippen molar-refractivity contribution in [1.29, 1.82) is 0 Å². The number of rotatable bonds is 2. The number of hydrogen-bond donors (Lipinski definition) is 0.